The van der Waals surface area contributed by atoms with Gasteiger partial charge in [-0.05, 0) is 69.2 Å². The van der Waals surface area contributed by atoms with Crippen molar-refractivity contribution in [1.29, 1.82) is 0 Å². The minimum atomic E-state index is -0.294. The lowest BCUT2D eigenvalue weighted by molar-refractivity contribution is -0.120. The van der Waals surface area contributed by atoms with Gasteiger partial charge in [-0.15, -0.1) is 0 Å². The summed E-state index contributed by atoms with van der Waals surface area (Å²) in [5.74, 6) is 0.488. The Morgan fingerprint density at radius 2 is 2.10 bits per heavy atom. The number of benzene rings is 1. The first-order chi connectivity index (χ1) is 14.6. The monoisotopic (exact) mass is 407 g/mol. The van der Waals surface area contributed by atoms with Crippen LogP contribution in [0.1, 0.15) is 42.5 Å². The maximum absolute atomic E-state index is 13.4. The van der Waals surface area contributed by atoms with Crippen molar-refractivity contribution in [2.24, 2.45) is 5.92 Å². The van der Waals surface area contributed by atoms with Gasteiger partial charge < -0.3 is 10.2 Å². The summed E-state index contributed by atoms with van der Waals surface area (Å²) < 4.78 is 15.3. The summed E-state index contributed by atoms with van der Waals surface area (Å²) in [6.07, 6.45) is 9.92. The van der Waals surface area contributed by atoms with Gasteiger partial charge >= 0.3 is 0 Å². The van der Waals surface area contributed by atoms with Gasteiger partial charge in [0, 0.05) is 36.7 Å². The number of piperidine rings is 1. The Balaban J connectivity index is 1.39. The molecule has 5 rings (SSSR count). The van der Waals surface area contributed by atoms with E-state index >= 15 is 0 Å². The van der Waals surface area contributed by atoms with Crippen molar-refractivity contribution in [1.82, 2.24) is 14.6 Å². The number of nitrogens with one attached hydrogen (secondary N) is 1. The van der Waals surface area contributed by atoms with E-state index in [-0.39, 0.29) is 17.6 Å². The number of amides is 1. The zero-order chi connectivity index (χ0) is 20.7. The predicted molar refractivity (Wildman–Crippen MR) is 114 cm³/mol. The summed E-state index contributed by atoms with van der Waals surface area (Å²) in [4.78, 5) is 19.9. The van der Waals surface area contributed by atoms with E-state index in [1.165, 1.54) is 36.2 Å². The van der Waals surface area contributed by atoms with E-state index in [0.717, 1.165) is 49.1 Å². The van der Waals surface area contributed by atoms with Gasteiger partial charge in [-0.2, -0.15) is 5.10 Å². The molecule has 3 aromatic rings. The van der Waals surface area contributed by atoms with Gasteiger partial charge in [-0.1, -0.05) is 0 Å². The van der Waals surface area contributed by atoms with Crippen LogP contribution in [0.2, 0.25) is 0 Å². The van der Waals surface area contributed by atoms with Gasteiger partial charge in [-0.25, -0.2) is 13.9 Å². The minimum absolute atomic E-state index is 0.0168. The third kappa shape index (κ3) is 3.42. The molecule has 1 N–H and O–H groups in total. The number of carbonyl (C=O) groups is 1. The Kier molecular flexibility index (Phi) is 4.89. The van der Waals surface area contributed by atoms with Crippen molar-refractivity contribution in [3.63, 3.8) is 0 Å². The van der Waals surface area contributed by atoms with Crippen molar-refractivity contribution in [2.75, 3.05) is 23.3 Å². The largest absolute Gasteiger partial charge is 0.354 e. The van der Waals surface area contributed by atoms with Crippen LogP contribution in [-0.2, 0) is 17.6 Å². The predicted octanol–water partition coefficient (Wildman–Crippen LogP) is 3.91. The molecule has 3 heterocycles. The summed E-state index contributed by atoms with van der Waals surface area (Å²) in [5.41, 5.74) is 5.01. The summed E-state index contributed by atoms with van der Waals surface area (Å²) in [6.45, 7) is 3.31. The molecule has 6 nitrogen and oxygen atoms in total. The van der Waals surface area contributed by atoms with Gasteiger partial charge in [0.05, 0.1) is 11.6 Å². The lowest BCUT2D eigenvalue weighted by Gasteiger charge is -2.33. The molecule has 1 amide bonds. The van der Waals surface area contributed by atoms with Gasteiger partial charge in [0.1, 0.15) is 11.3 Å². The number of nitrogens with zero attached hydrogens (tertiary/aromatic N) is 4. The van der Waals surface area contributed by atoms with Crippen LogP contribution in [0.25, 0.3) is 5.52 Å². The molecule has 7 heteroatoms. The molecule has 30 heavy (non-hydrogen) atoms. The molecule has 156 valence electrons. The zero-order valence-corrected chi connectivity index (χ0v) is 17.2. The number of hydrogen-bond donors (Lipinski definition) is 1. The topological polar surface area (TPSA) is 62.5 Å². The van der Waals surface area contributed by atoms with Gasteiger partial charge in [0.2, 0.25) is 5.91 Å². The molecule has 0 bridgehead atoms. The molecule has 1 aliphatic carbocycles. The number of aryl methyl sites for hydroxylation is 3. The van der Waals surface area contributed by atoms with E-state index in [2.05, 4.69) is 10.2 Å². The van der Waals surface area contributed by atoms with Crippen molar-refractivity contribution < 1.29 is 9.18 Å². The molecule has 1 aromatic carbocycles. The number of fused-ring (bicyclic) bond motifs is 3. The molecule has 1 saturated heterocycles. The number of rotatable bonds is 3. The second-order valence-electron chi connectivity index (χ2n) is 8.41. The first kappa shape index (κ1) is 19.0. The van der Waals surface area contributed by atoms with Crippen LogP contribution in [-0.4, -0.2) is 33.6 Å². The van der Waals surface area contributed by atoms with Crippen molar-refractivity contribution in [3.8, 4) is 0 Å². The lowest BCUT2D eigenvalue weighted by atomic mass is 9.95. The molecule has 1 atom stereocenters. The van der Waals surface area contributed by atoms with Crippen molar-refractivity contribution in [2.45, 2.75) is 45.4 Å². The van der Waals surface area contributed by atoms with Crippen LogP contribution in [0, 0.1) is 18.7 Å². The lowest BCUT2D eigenvalue weighted by Crippen LogP contribution is -2.41. The van der Waals surface area contributed by atoms with Crippen molar-refractivity contribution >= 4 is 22.9 Å². The van der Waals surface area contributed by atoms with Gasteiger partial charge in [-0.3, -0.25) is 4.79 Å². The second kappa shape index (κ2) is 7.70. The Hall–Kier alpha value is -2.96. The van der Waals surface area contributed by atoms with Crippen molar-refractivity contribution in [3.05, 3.63) is 53.2 Å². The SMILES string of the molecule is Cc1cc(F)ccc1NC(=O)[C@H]1CCCN(c2nccn3nc4c(c23)CCCC4)C1. The maximum Gasteiger partial charge on any atom is 0.229 e. The molecule has 1 aliphatic heterocycles. The first-order valence-corrected chi connectivity index (χ1v) is 10.8. The highest BCUT2D eigenvalue weighted by Crippen LogP contribution is 2.32. The third-order valence-corrected chi connectivity index (χ3v) is 6.34. The number of hydrogen-bond acceptors (Lipinski definition) is 4. The summed E-state index contributed by atoms with van der Waals surface area (Å²) in [5, 5.41) is 7.77. The molecule has 0 unspecified atom stereocenters. The highest BCUT2D eigenvalue weighted by Gasteiger charge is 2.29. The fourth-order valence-electron chi connectivity index (χ4n) is 4.76. The number of aromatic nitrogens is 3. The fourth-order valence-corrected chi connectivity index (χ4v) is 4.76. The average molecular weight is 407 g/mol. The highest BCUT2D eigenvalue weighted by atomic mass is 19.1. The quantitative estimate of drug-likeness (QED) is 0.715. The second-order valence-corrected chi connectivity index (χ2v) is 8.41. The summed E-state index contributed by atoms with van der Waals surface area (Å²) in [6, 6.07) is 4.45. The molecule has 1 fully saturated rings. The van der Waals surface area contributed by atoms with Crippen LogP contribution in [0.15, 0.2) is 30.6 Å². The summed E-state index contributed by atoms with van der Waals surface area (Å²) >= 11 is 0. The number of carbonyl (C=O) groups excluding carboxylic acids is 1. The highest BCUT2D eigenvalue weighted by molar-refractivity contribution is 5.94. The average Bonchev–Trinajstić information content (AvgIpc) is 3.14. The van der Waals surface area contributed by atoms with Crippen LogP contribution in [0.5, 0.6) is 0 Å². The molecule has 0 spiro atoms. The van der Waals surface area contributed by atoms with E-state index in [9.17, 15) is 9.18 Å². The Morgan fingerprint density at radius 1 is 1.23 bits per heavy atom. The number of anilines is 2. The molecular weight excluding hydrogens is 381 g/mol. The number of halogens is 1. The first-order valence-electron chi connectivity index (χ1n) is 10.8. The molecule has 0 radical (unpaired) electrons. The van der Waals surface area contributed by atoms with E-state index in [1.807, 2.05) is 10.7 Å². The minimum Gasteiger partial charge on any atom is -0.354 e. The molecule has 2 aliphatic rings. The standard InChI is InChI=1S/C23H26FN5O/c1-15-13-17(24)8-9-19(15)26-23(30)16-5-4-11-28(14-16)22-21-18-6-2-3-7-20(18)27-29(21)12-10-25-22/h8-10,12-13,16H,2-7,11,14H2,1H3,(H,26,30)/t16-/m0/s1. The third-order valence-electron chi connectivity index (χ3n) is 6.34. The van der Waals surface area contributed by atoms with Crippen LogP contribution < -0.4 is 10.2 Å². The van der Waals surface area contributed by atoms with Crippen LogP contribution in [0.3, 0.4) is 0 Å². The van der Waals surface area contributed by atoms with Crippen LogP contribution in [0.4, 0.5) is 15.9 Å². The Morgan fingerprint density at radius 3 is 2.97 bits per heavy atom. The van der Waals surface area contributed by atoms with Gasteiger partial charge in [0.15, 0.2) is 5.82 Å². The molecule has 0 saturated carbocycles. The van der Waals surface area contributed by atoms with E-state index < -0.39 is 0 Å². The summed E-state index contributed by atoms with van der Waals surface area (Å²) in [7, 11) is 0. The maximum atomic E-state index is 13.4. The molecule has 2 aromatic heterocycles. The Bertz CT molecular complexity index is 1110. The normalized spacial score (nSPS) is 19.0. The Labute approximate surface area is 175 Å². The molecular formula is C23H26FN5O. The van der Waals surface area contributed by atoms with E-state index in [1.54, 1.807) is 19.2 Å². The smallest absolute Gasteiger partial charge is 0.229 e. The fraction of sp³-hybridized carbons (Fsp3) is 0.435. The van der Waals surface area contributed by atoms with E-state index in [0.29, 0.717) is 12.2 Å². The van der Waals surface area contributed by atoms with Gasteiger partial charge in [0.25, 0.3) is 0 Å². The van der Waals surface area contributed by atoms with Crippen LogP contribution >= 0.6 is 0 Å². The zero-order valence-electron chi connectivity index (χ0n) is 17.2. The van der Waals surface area contributed by atoms with E-state index in [4.69, 9.17) is 10.1 Å².